The minimum Gasteiger partial charge on any atom is -0.354 e. The number of carbonyl (C=O) groups excluding carboxylic acids is 3. The van der Waals surface area contributed by atoms with Crippen LogP contribution in [0.15, 0.2) is 35.9 Å². The summed E-state index contributed by atoms with van der Waals surface area (Å²) in [7, 11) is 0. The number of hydrogen-bond donors (Lipinski definition) is 2. The zero-order valence-electron chi connectivity index (χ0n) is 16.1. The molecule has 1 aromatic rings. The zero-order valence-corrected chi connectivity index (χ0v) is 16.1. The number of aryl methyl sites for hydroxylation is 1. The van der Waals surface area contributed by atoms with Crippen LogP contribution in [0.4, 0.5) is 4.79 Å². The molecular weight excluding hydrogens is 354 g/mol. The van der Waals surface area contributed by atoms with Crippen LogP contribution in [0.25, 0.3) is 0 Å². The lowest BCUT2D eigenvalue weighted by atomic mass is 9.76. The number of imide groups is 1. The Hall–Kier alpha value is -2.63. The molecule has 1 saturated heterocycles. The minimum atomic E-state index is -1.01. The van der Waals surface area contributed by atoms with Crippen molar-refractivity contribution in [1.29, 1.82) is 0 Å². The van der Waals surface area contributed by atoms with E-state index in [2.05, 4.69) is 16.7 Å². The zero-order chi connectivity index (χ0) is 19.6. The van der Waals surface area contributed by atoms with Gasteiger partial charge in [0, 0.05) is 6.54 Å². The number of rotatable bonds is 5. The smallest absolute Gasteiger partial charge is 0.325 e. The summed E-state index contributed by atoms with van der Waals surface area (Å²) in [5.74, 6) is -0.601. The van der Waals surface area contributed by atoms with Crippen LogP contribution >= 0.6 is 0 Å². The van der Waals surface area contributed by atoms with Gasteiger partial charge in [-0.25, -0.2) is 4.79 Å². The molecule has 0 bridgehead atoms. The van der Waals surface area contributed by atoms with Crippen molar-refractivity contribution < 1.29 is 14.4 Å². The van der Waals surface area contributed by atoms with Crippen LogP contribution in [0.3, 0.4) is 0 Å². The Morgan fingerprint density at radius 3 is 2.82 bits per heavy atom. The van der Waals surface area contributed by atoms with Crippen molar-refractivity contribution in [1.82, 2.24) is 15.5 Å². The third-order valence-electron chi connectivity index (χ3n) is 6.11. The van der Waals surface area contributed by atoms with Crippen LogP contribution in [0.5, 0.6) is 0 Å². The summed E-state index contributed by atoms with van der Waals surface area (Å²) in [5.41, 5.74) is 2.33. The highest BCUT2D eigenvalue weighted by atomic mass is 16.2. The summed E-state index contributed by atoms with van der Waals surface area (Å²) >= 11 is 0. The second-order valence-electron chi connectivity index (χ2n) is 7.95. The van der Waals surface area contributed by atoms with Gasteiger partial charge in [-0.1, -0.05) is 35.9 Å². The molecule has 1 atom stereocenters. The van der Waals surface area contributed by atoms with Crippen LogP contribution in [-0.4, -0.2) is 35.8 Å². The maximum Gasteiger partial charge on any atom is 0.325 e. The number of hydrogen-bond acceptors (Lipinski definition) is 3. The van der Waals surface area contributed by atoms with Crippen LogP contribution in [0, 0.1) is 0 Å². The molecule has 2 aliphatic carbocycles. The van der Waals surface area contributed by atoms with E-state index in [0.717, 1.165) is 48.1 Å². The lowest BCUT2D eigenvalue weighted by molar-refractivity contribution is -0.135. The minimum absolute atomic E-state index is 0.229. The van der Waals surface area contributed by atoms with Gasteiger partial charge in [0.15, 0.2) is 0 Å². The van der Waals surface area contributed by atoms with Gasteiger partial charge in [-0.2, -0.15) is 0 Å². The Kier molecular flexibility index (Phi) is 5.20. The van der Waals surface area contributed by atoms with Crippen molar-refractivity contribution in [2.24, 2.45) is 0 Å². The number of nitrogens with zero attached hydrogens (tertiary/aromatic N) is 1. The highest BCUT2D eigenvalue weighted by Gasteiger charge is 2.54. The summed E-state index contributed by atoms with van der Waals surface area (Å²) in [6.07, 6.45) is 10.1. The van der Waals surface area contributed by atoms with Gasteiger partial charge in [-0.3, -0.25) is 14.5 Å². The lowest BCUT2D eigenvalue weighted by Crippen LogP contribution is -2.47. The van der Waals surface area contributed by atoms with Crippen molar-refractivity contribution in [3.8, 4) is 0 Å². The molecule has 1 aliphatic heterocycles. The van der Waals surface area contributed by atoms with Gasteiger partial charge >= 0.3 is 6.03 Å². The Balaban J connectivity index is 1.40. The third kappa shape index (κ3) is 3.43. The summed E-state index contributed by atoms with van der Waals surface area (Å²) in [4.78, 5) is 39.1. The van der Waals surface area contributed by atoms with Gasteiger partial charge < -0.3 is 10.6 Å². The van der Waals surface area contributed by atoms with Gasteiger partial charge in [0.25, 0.3) is 5.91 Å². The van der Waals surface area contributed by atoms with E-state index in [1.165, 1.54) is 18.4 Å². The number of nitrogens with one attached hydrogen (secondary N) is 2. The number of urea groups is 1. The van der Waals surface area contributed by atoms with Crippen molar-refractivity contribution >= 4 is 17.8 Å². The number of allylic oxidation sites excluding steroid dienone is 1. The van der Waals surface area contributed by atoms with Crippen molar-refractivity contribution in [2.45, 2.75) is 56.9 Å². The molecule has 1 spiro atoms. The Labute approximate surface area is 165 Å². The molecule has 1 aromatic carbocycles. The molecular formula is C22H27N3O3. The predicted octanol–water partition coefficient (Wildman–Crippen LogP) is 2.78. The van der Waals surface area contributed by atoms with Crippen molar-refractivity contribution in [3.05, 3.63) is 47.0 Å². The second-order valence-corrected chi connectivity index (χ2v) is 7.95. The first-order chi connectivity index (χ1) is 13.6. The summed E-state index contributed by atoms with van der Waals surface area (Å²) in [5, 5.41) is 5.74. The molecule has 2 N–H and O–H groups in total. The Bertz CT molecular complexity index is 832. The molecule has 0 saturated carbocycles. The van der Waals surface area contributed by atoms with E-state index in [9.17, 15) is 14.4 Å². The molecule has 1 heterocycles. The first-order valence-corrected chi connectivity index (χ1v) is 10.3. The molecule has 4 amide bonds. The molecule has 0 aromatic heterocycles. The number of fused-ring (bicyclic) bond motifs is 2. The predicted molar refractivity (Wildman–Crippen MR) is 105 cm³/mol. The molecule has 1 fully saturated rings. The first-order valence-electron chi connectivity index (χ1n) is 10.3. The van der Waals surface area contributed by atoms with E-state index in [0.29, 0.717) is 13.0 Å². The topological polar surface area (TPSA) is 78.5 Å². The monoisotopic (exact) mass is 381 g/mol. The van der Waals surface area contributed by atoms with E-state index in [-0.39, 0.29) is 18.4 Å². The maximum absolute atomic E-state index is 13.2. The quantitative estimate of drug-likeness (QED) is 0.608. The van der Waals surface area contributed by atoms with E-state index < -0.39 is 11.6 Å². The summed E-state index contributed by atoms with van der Waals surface area (Å²) in [6.45, 7) is 0.315. The summed E-state index contributed by atoms with van der Waals surface area (Å²) in [6, 6.07) is 7.28. The van der Waals surface area contributed by atoms with Crippen LogP contribution in [0.2, 0.25) is 0 Å². The molecule has 0 radical (unpaired) electrons. The van der Waals surface area contributed by atoms with Gasteiger partial charge in [0.1, 0.15) is 12.1 Å². The average molecular weight is 381 g/mol. The van der Waals surface area contributed by atoms with Crippen LogP contribution in [-0.2, 0) is 21.5 Å². The number of benzene rings is 1. The number of carbonyl (C=O) groups is 3. The van der Waals surface area contributed by atoms with Crippen molar-refractivity contribution in [3.63, 3.8) is 0 Å². The van der Waals surface area contributed by atoms with E-state index >= 15 is 0 Å². The lowest BCUT2D eigenvalue weighted by Gasteiger charge is -2.33. The molecule has 28 heavy (non-hydrogen) atoms. The molecule has 148 valence electrons. The average Bonchev–Trinajstić information content (AvgIpc) is 2.94. The maximum atomic E-state index is 13.2. The fraction of sp³-hybridized carbons (Fsp3) is 0.500. The fourth-order valence-electron chi connectivity index (χ4n) is 4.65. The third-order valence-corrected chi connectivity index (χ3v) is 6.11. The molecule has 3 aliphatic rings. The molecule has 4 rings (SSSR count). The summed E-state index contributed by atoms with van der Waals surface area (Å²) < 4.78 is 0. The highest BCUT2D eigenvalue weighted by molar-refractivity contribution is 6.09. The normalized spacial score (nSPS) is 24.0. The number of amides is 4. The molecule has 6 nitrogen and oxygen atoms in total. The largest absolute Gasteiger partial charge is 0.354 e. The van der Waals surface area contributed by atoms with Gasteiger partial charge in [-0.05, 0) is 62.5 Å². The molecule has 6 heteroatoms. The Morgan fingerprint density at radius 1 is 1.14 bits per heavy atom. The van der Waals surface area contributed by atoms with Crippen LogP contribution in [0.1, 0.15) is 56.1 Å². The standard InChI is InChI=1S/C22H27N3O3/c26-19(23-14-12-16-7-2-1-3-8-16)15-25-20(27)22(24-21(25)28)13-6-10-17-9-4-5-11-18(17)22/h4-5,7,9,11H,1-3,6,8,10,12-15H2,(H,23,26)(H,24,28)/t22-/m0/s1. The van der Waals surface area contributed by atoms with Gasteiger partial charge in [0.05, 0.1) is 0 Å². The van der Waals surface area contributed by atoms with E-state index in [4.69, 9.17) is 0 Å². The van der Waals surface area contributed by atoms with E-state index in [1.54, 1.807) is 0 Å². The van der Waals surface area contributed by atoms with Crippen molar-refractivity contribution in [2.75, 3.05) is 13.1 Å². The Morgan fingerprint density at radius 2 is 2.00 bits per heavy atom. The fourth-order valence-corrected chi connectivity index (χ4v) is 4.65. The SMILES string of the molecule is O=C(CN1C(=O)N[C@]2(CCCc3ccccc32)C1=O)NCCC1=CCCCC1. The second kappa shape index (κ2) is 7.78. The van der Waals surface area contributed by atoms with E-state index in [1.807, 2.05) is 24.3 Å². The highest BCUT2D eigenvalue weighted by Crippen LogP contribution is 2.39. The molecule has 0 unspecified atom stereocenters. The first kappa shape index (κ1) is 18.7. The van der Waals surface area contributed by atoms with Gasteiger partial charge in [-0.15, -0.1) is 0 Å². The van der Waals surface area contributed by atoms with Gasteiger partial charge in [0.2, 0.25) is 5.91 Å². The van der Waals surface area contributed by atoms with Crippen LogP contribution < -0.4 is 10.6 Å².